The first-order valence-corrected chi connectivity index (χ1v) is 7.57. The van der Waals surface area contributed by atoms with Crippen molar-refractivity contribution >= 4 is 27.5 Å². The van der Waals surface area contributed by atoms with Gasteiger partial charge in [0.1, 0.15) is 4.60 Å². The molecule has 1 aromatic carbocycles. The summed E-state index contributed by atoms with van der Waals surface area (Å²) in [5.41, 5.74) is 4.21. The molecule has 0 fully saturated rings. The number of benzene rings is 1. The van der Waals surface area contributed by atoms with Gasteiger partial charge in [0.25, 0.3) is 5.91 Å². The van der Waals surface area contributed by atoms with E-state index < -0.39 is 0 Å². The number of halogens is 1. The zero-order chi connectivity index (χ0) is 13.9. The number of hydrogen-bond acceptors (Lipinski definition) is 2. The van der Waals surface area contributed by atoms with Gasteiger partial charge in [-0.3, -0.25) is 4.79 Å². The van der Waals surface area contributed by atoms with Gasteiger partial charge < -0.3 is 5.32 Å². The van der Waals surface area contributed by atoms with E-state index in [1.807, 2.05) is 12.1 Å². The minimum atomic E-state index is -0.0907. The van der Waals surface area contributed by atoms with Gasteiger partial charge in [-0.05, 0) is 70.9 Å². The third-order valence-corrected chi connectivity index (χ3v) is 4.07. The molecule has 0 saturated carbocycles. The highest BCUT2D eigenvalue weighted by atomic mass is 79.9. The van der Waals surface area contributed by atoms with E-state index in [2.05, 4.69) is 32.3 Å². The first-order valence-electron chi connectivity index (χ1n) is 6.78. The minimum absolute atomic E-state index is 0.0907. The van der Waals surface area contributed by atoms with Crippen LogP contribution >= 0.6 is 15.9 Å². The summed E-state index contributed by atoms with van der Waals surface area (Å²) in [6.45, 7) is 0. The number of carbonyl (C=O) groups excluding carboxylic acids is 1. The molecule has 3 nitrogen and oxygen atoms in total. The first kappa shape index (κ1) is 13.3. The molecule has 1 aliphatic carbocycles. The minimum Gasteiger partial charge on any atom is -0.322 e. The van der Waals surface area contributed by atoms with E-state index in [0.29, 0.717) is 10.2 Å². The van der Waals surface area contributed by atoms with Crippen molar-refractivity contribution in [2.75, 3.05) is 5.32 Å². The van der Waals surface area contributed by atoms with Gasteiger partial charge in [0.05, 0.1) is 0 Å². The Morgan fingerprint density at radius 3 is 2.90 bits per heavy atom. The van der Waals surface area contributed by atoms with Gasteiger partial charge in [0.2, 0.25) is 0 Å². The van der Waals surface area contributed by atoms with E-state index >= 15 is 0 Å². The second kappa shape index (κ2) is 5.75. The van der Waals surface area contributed by atoms with Gasteiger partial charge in [0.15, 0.2) is 0 Å². The molecule has 3 rings (SSSR count). The molecule has 1 aliphatic rings. The molecule has 20 heavy (non-hydrogen) atoms. The molecule has 1 heterocycles. The third kappa shape index (κ3) is 2.75. The first-order chi connectivity index (χ1) is 9.74. The number of fused-ring (bicyclic) bond motifs is 1. The molecule has 4 heteroatoms. The third-order valence-electron chi connectivity index (χ3n) is 3.63. The summed E-state index contributed by atoms with van der Waals surface area (Å²) >= 11 is 3.28. The summed E-state index contributed by atoms with van der Waals surface area (Å²) in [4.78, 5) is 16.3. The smallest absolute Gasteiger partial charge is 0.255 e. The van der Waals surface area contributed by atoms with Crippen LogP contribution in [0.3, 0.4) is 0 Å². The number of pyridine rings is 1. The highest BCUT2D eigenvalue weighted by molar-refractivity contribution is 9.10. The zero-order valence-electron chi connectivity index (χ0n) is 11.0. The maximum absolute atomic E-state index is 12.3. The van der Waals surface area contributed by atoms with Crippen LogP contribution in [-0.4, -0.2) is 10.9 Å². The van der Waals surface area contributed by atoms with Crippen molar-refractivity contribution < 1.29 is 4.79 Å². The number of hydrogen-bond donors (Lipinski definition) is 1. The Bertz CT molecular complexity index is 655. The van der Waals surface area contributed by atoms with E-state index in [0.717, 1.165) is 18.5 Å². The highest BCUT2D eigenvalue weighted by Crippen LogP contribution is 2.28. The quantitative estimate of drug-likeness (QED) is 0.846. The average Bonchev–Trinajstić information content (AvgIpc) is 2.47. The fourth-order valence-corrected chi connectivity index (χ4v) is 3.00. The van der Waals surface area contributed by atoms with E-state index in [1.54, 1.807) is 18.3 Å². The van der Waals surface area contributed by atoms with E-state index in [-0.39, 0.29) is 5.91 Å². The molecular weight excluding hydrogens is 316 g/mol. The Morgan fingerprint density at radius 1 is 1.20 bits per heavy atom. The lowest BCUT2D eigenvalue weighted by Gasteiger charge is -2.19. The molecule has 1 aromatic heterocycles. The van der Waals surface area contributed by atoms with Crippen molar-refractivity contribution in [2.45, 2.75) is 25.7 Å². The van der Waals surface area contributed by atoms with Crippen LogP contribution in [0.1, 0.15) is 34.3 Å². The largest absolute Gasteiger partial charge is 0.322 e. The van der Waals surface area contributed by atoms with Crippen molar-refractivity contribution in [1.29, 1.82) is 0 Å². The van der Waals surface area contributed by atoms with E-state index in [9.17, 15) is 4.79 Å². The Kier molecular flexibility index (Phi) is 3.83. The van der Waals surface area contributed by atoms with Crippen LogP contribution in [0, 0.1) is 0 Å². The van der Waals surface area contributed by atoms with Crippen LogP contribution in [-0.2, 0) is 12.8 Å². The van der Waals surface area contributed by atoms with Crippen LogP contribution in [0.5, 0.6) is 0 Å². The molecule has 1 N–H and O–H groups in total. The molecule has 2 aromatic rings. The maximum Gasteiger partial charge on any atom is 0.255 e. The Hall–Kier alpha value is -1.68. The Labute approximate surface area is 126 Å². The number of nitrogens with zero attached hydrogens (tertiary/aromatic N) is 1. The summed E-state index contributed by atoms with van der Waals surface area (Å²) in [5.74, 6) is -0.0907. The van der Waals surface area contributed by atoms with Crippen LogP contribution in [0.2, 0.25) is 0 Å². The van der Waals surface area contributed by atoms with Crippen LogP contribution in [0.25, 0.3) is 0 Å². The second-order valence-corrected chi connectivity index (χ2v) is 5.78. The monoisotopic (exact) mass is 330 g/mol. The lowest BCUT2D eigenvalue weighted by molar-refractivity contribution is 0.102. The van der Waals surface area contributed by atoms with Crippen molar-refractivity contribution in [3.05, 3.63) is 57.8 Å². The van der Waals surface area contributed by atoms with Crippen molar-refractivity contribution in [3.63, 3.8) is 0 Å². The molecule has 0 radical (unpaired) electrons. The van der Waals surface area contributed by atoms with Crippen LogP contribution in [0.4, 0.5) is 5.69 Å². The SMILES string of the molecule is O=C(Nc1cccc2c1CCCC2)c1ccnc(Br)c1. The lowest BCUT2D eigenvalue weighted by atomic mass is 9.90. The van der Waals surface area contributed by atoms with Gasteiger partial charge in [-0.25, -0.2) is 4.98 Å². The Morgan fingerprint density at radius 2 is 2.05 bits per heavy atom. The summed E-state index contributed by atoms with van der Waals surface area (Å²) in [6.07, 6.45) is 6.22. The number of aromatic nitrogens is 1. The number of carbonyl (C=O) groups is 1. The molecule has 0 aliphatic heterocycles. The van der Waals surface area contributed by atoms with Gasteiger partial charge in [0, 0.05) is 17.4 Å². The van der Waals surface area contributed by atoms with E-state index in [1.165, 1.54) is 24.0 Å². The fourth-order valence-electron chi connectivity index (χ4n) is 2.64. The molecule has 0 unspecified atom stereocenters. The highest BCUT2D eigenvalue weighted by Gasteiger charge is 2.15. The normalized spacial score (nSPS) is 13.7. The average molecular weight is 331 g/mol. The van der Waals surface area contributed by atoms with Gasteiger partial charge >= 0.3 is 0 Å². The summed E-state index contributed by atoms with van der Waals surface area (Å²) < 4.78 is 0.667. The molecule has 1 amide bonds. The molecule has 0 saturated heterocycles. The van der Waals surface area contributed by atoms with Crippen LogP contribution < -0.4 is 5.32 Å². The number of aryl methyl sites for hydroxylation is 1. The lowest BCUT2D eigenvalue weighted by Crippen LogP contribution is -2.15. The molecule has 0 atom stereocenters. The number of rotatable bonds is 2. The van der Waals surface area contributed by atoms with E-state index in [4.69, 9.17) is 0 Å². The molecule has 0 bridgehead atoms. The van der Waals surface area contributed by atoms with Gasteiger partial charge in [-0.1, -0.05) is 12.1 Å². The van der Waals surface area contributed by atoms with Crippen LogP contribution in [0.15, 0.2) is 41.1 Å². The molecule has 102 valence electrons. The second-order valence-electron chi connectivity index (χ2n) is 4.97. The van der Waals surface area contributed by atoms with Gasteiger partial charge in [-0.15, -0.1) is 0 Å². The Balaban J connectivity index is 1.86. The standard InChI is InChI=1S/C16H15BrN2O/c17-15-10-12(8-9-18-15)16(20)19-14-7-3-5-11-4-1-2-6-13(11)14/h3,5,7-10H,1-2,4,6H2,(H,19,20). The predicted molar refractivity (Wildman–Crippen MR) is 83.0 cm³/mol. The summed E-state index contributed by atoms with van der Waals surface area (Å²) in [6, 6.07) is 9.61. The van der Waals surface area contributed by atoms with Gasteiger partial charge in [-0.2, -0.15) is 0 Å². The fraction of sp³-hybridized carbons (Fsp3) is 0.250. The summed E-state index contributed by atoms with van der Waals surface area (Å²) in [7, 11) is 0. The molecule has 0 spiro atoms. The van der Waals surface area contributed by atoms with Crippen molar-refractivity contribution in [3.8, 4) is 0 Å². The van der Waals surface area contributed by atoms with Crippen molar-refractivity contribution in [2.24, 2.45) is 0 Å². The maximum atomic E-state index is 12.3. The predicted octanol–water partition coefficient (Wildman–Crippen LogP) is 3.98. The number of nitrogens with one attached hydrogen (secondary N) is 1. The number of amides is 1. The van der Waals surface area contributed by atoms with Crippen molar-refractivity contribution in [1.82, 2.24) is 4.98 Å². The topological polar surface area (TPSA) is 42.0 Å². The molecular formula is C16H15BrN2O. The summed E-state index contributed by atoms with van der Waals surface area (Å²) in [5, 5.41) is 3.03. The number of anilines is 1. The zero-order valence-corrected chi connectivity index (χ0v) is 12.6.